The van der Waals surface area contributed by atoms with Crippen LogP contribution in [0.5, 0.6) is 0 Å². The second kappa shape index (κ2) is 39.6. The number of amides is 1. The summed E-state index contributed by atoms with van der Waals surface area (Å²) in [5.74, 6) is -0.337. The fraction of sp³-hybridized carbons (Fsp3) is 0.685. The Morgan fingerprint density at radius 1 is 0.544 bits per heavy atom. The summed E-state index contributed by atoms with van der Waals surface area (Å²) in [6.07, 6.45) is 36.0. The first kappa shape index (κ1) is 61.0. The summed E-state index contributed by atoms with van der Waals surface area (Å²) in [6, 6.07) is -0.977. The molecule has 0 aromatic rings. The molecule has 68 heavy (non-hydrogen) atoms. The molecule has 12 unspecified atom stereocenters. The molecule has 0 aliphatic carbocycles. The van der Waals surface area contributed by atoms with E-state index in [4.69, 9.17) is 18.9 Å². The van der Waals surface area contributed by atoms with Gasteiger partial charge < -0.3 is 65.1 Å². The van der Waals surface area contributed by atoms with E-state index in [1.807, 2.05) is 18.2 Å². The highest BCUT2D eigenvalue weighted by Gasteiger charge is 2.51. The summed E-state index contributed by atoms with van der Waals surface area (Å²) in [4.78, 5) is 13.1. The van der Waals surface area contributed by atoms with Crippen molar-refractivity contribution in [3.05, 3.63) is 97.2 Å². The lowest BCUT2D eigenvalue weighted by molar-refractivity contribution is -0.359. The Labute approximate surface area is 407 Å². The van der Waals surface area contributed by atoms with Gasteiger partial charge >= 0.3 is 0 Å². The third-order valence-electron chi connectivity index (χ3n) is 11.8. The first-order valence-corrected chi connectivity index (χ1v) is 25.5. The fourth-order valence-corrected chi connectivity index (χ4v) is 7.62. The Morgan fingerprint density at radius 3 is 1.60 bits per heavy atom. The lowest BCUT2D eigenvalue weighted by Gasteiger charge is -2.46. The minimum atomic E-state index is -1.80. The van der Waals surface area contributed by atoms with Gasteiger partial charge in [0.1, 0.15) is 48.8 Å². The van der Waals surface area contributed by atoms with Crippen molar-refractivity contribution in [1.29, 1.82) is 0 Å². The van der Waals surface area contributed by atoms with E-state index in [2.05, 4.69) is 92.1 Å². The molecular weight excluding hydrogens is 871 g/mol. The number of unbranched alkanes of at least 4 members (excludes halogenated alkanes) is 10. The molecule has 1 amide bonds. The quantitative estimate of drug-likeness (QED) is 0.0232. The molecule has 388 valence electrons. The largest absolute Gasteiger partial charge is 0.394 e. The van der Waals surface area contributed by atoms with Crippen LogP contribution in [0.25, 0.3) is 0 Å². The Hall–Kier alpha value is -3.09. The van der Waals surface area contributed by atoms with Gasteiger partial charge in [-0.3, -0.25) is 4.79 Å². The van der Waals surface area contributed by atoms with Crippen LogP contribution in [-0.2, 0) is 23.7 Å². The number of carbonyl (C=O) groups excluding carboxylic acids is 1. The summed E-state index contributed by atoms with van der Waals surface area (Å²) in [5, 5.41) is 86.6. The maximum atomic E-state index is 13.1. The van der Waals surface area contributed by atoms with Gasteiger partial charge in [0.15, 0.2) is 12.6 Å². The molecule has 14 nitrogen and oxygen atoms in total. The van der Waals surface area contributed by atoms with Crippen molar-refractivity contribution < 1.29 is 64.6 Å². The number of ether oxygens (including phenoxy) is 4. The zero-order valence-corrected chi connectivity index (χ0v) is 41.0. The average Bonchev–Trinajstić information content (AvgIpc) is 3.34. The van der Waals surface area contributed by atoms with Crippen molar-refractivity contribution in [3.63, 3.8) is 0 Å². The van der Waals surface area contributed by atoms with Gasteiger partial charge in [-0.2, -0.15) is 0 Å². The molecule has 2 saturated heterocycles. The highest BCUT2D eigenvalue weighted by Crippen LogP contribution is 2.30. The van der Waals surface area contributed by atoms with E-state index in [0.29, 0.717) is 12.8 Å². The second-order valence-electron chi connectivity index (χ2n) is 17.6. The molecule has 0 aromatic heterocycles. The summed E-state index contributed by atoms with van der Waals surface area (Å²) in [7, 11) is 0. The molecule has 9 N–H and O–H groups in total. The van der Waals surface area contributed by atoms with Crippen molar-refractivity contribution in [2.45, 2.75) is 216 Å². The Kier molecular flexibility index (Phi) is 35.6. The molecule has 2 aliphatic heterocycles. The van der Waals surface area contributed by atoms with Gasteiger partial charge in [-0.15, -0.1) is 0 Å². The lowest BCUT2D eigenvalue weighted by Crippen LogP contribution is -2.65. The SMILES string of the molecule is CC/C=C\C/C=C\C/C=C\C/C=C\C/C=C\C/C=C\CCC(=O)NC(COC1OC(CO)C(OC2OC(CO)C(O)C(O)C2O)C(O)C1O)C(O)/C=C/CC/C=C/CCCCCCCCCCC. The van der Waals surface area contributed by atoms with Crippen LogP contribution in [0, 0.1) is 0 Å². The lowest BCUT2D eigenvalue weighted by atomic mass is 9.97. The first-order chi connectivity index (χ1) is 33.1. The summed E-state index contributed by atoms with van der Waals surface area (Å²) in [5.41, 5.74) is 0. The number of aliphatic hydroxyl groups is 8. The van der Waals surface area contributed by atoms with Crippen LogP contribution in [0.15, 0.2) is 97.2 Å². The zero-order chi connectivity index (χ0) is 49.6. The van der Waals surface area contributed by atoms with Crippen molar-refractivity contribution in [2.75, 3.05) is 19.8 Å². The van der Waals surface area contributed by atoms with Crippen molar-refractivity contribution in [3.8, 4) is 0 Å². The maximum absolute atomic E-state index is 13.1. The number of hydrogen-bond acceptors (Lipinski definition) is 13. The van der Waals surface area contributed by atoms with Crippen molar-refractivity contribution in [2.24, 2.45) is 0 Å². The van der Waals surface area contributed by atoms with Crippen LogP contribution in [0.3, 0.4) is 0 Å². The van der Waals surface area contributed by atoms with Crippen molar-refractivity contribution in [1.82, 2.24) is 5.32 Å². The van der Waals surface area contributed by atoms with Gasteiger partial charge in [-0.1, -0.05) is 162 Å². The van der Waals surface area contributed by atoms with Crippen LogP contribution in [0.2, 0.25) is 0 Å². The summed E-state index contributed by atoms with van der Waals surface area (Å²) < 4.78 is 22.6. The topological polar surface area (TPSA) is 228 Å². The number of hydrogen-bond donors (Lipinski definition) is 9. The molecule has 2 aliphatic rings. The third kappa shape index (κ3) is 26.2. The molecule has 0 bridgehead atoms. The molecule has 0 aromatic carbocycles. The maximum Gasteiger partial charge on any atom is 0.220 e. The number of allylic oxidation sites excluding steroid dienone is 15. The van der Waals surface area contributed by atoms with E-state index in [1.54, 1.807) is 6.08 Å². The standard InChI is InChI=1S/C54H89NO13/c1-3-5-7-9-11-13-15-17-19-20-21-22-24-26-28-30-32-34-36-38-46(59)55-42(43(58)37-35-33-31-29-27-25-23-18-16-14-12-10-8-6-4-2)41-65-53-51(64)49(62)52(45(40-57)67-53)68-54-50(63)48(61)47(60)44(39-56)66-54/h5,7,11,13,17,19,21-22,26-29,32,34-35,37,42-45,47-54,56-58,60-64H,3-4,6,8-10,12,14-16,18,20,23-25,30-31,33,36,38-41H2,1-2H3,(H,55,59)/b7-5-,13-11-,19-17-,22-21-,28-26-,29-27+,34-32-,37-35+. The van der Waals surface area contributed by atoms with Crippen LogP contribution in [-0.4, -0.2) is 140 Å². The predicted octanol–water partition coefficient (Wildman–Crippen LogP) is 6.76. The van der Waals surface area contributed by atoms with Gasteiger partial charge in [0.2, 0.25) is 5.91 Å². The number of aliphatic hydroxyl groups excluding tert-OH is 8. The Morgan fingerprint density at radius 2 is 1.03 bits per heavy atom. The molecular formula is C54H89NO13. The molecule has 2 rings (SSSR count). The van der Waals surface area contributed by atoms with Gasteiger partial charge in [0, 0.05) is 6.42 Å². The van der Waals surface area contributed by atoms with E-state index < -0.39 is 86.8 Å². The van der Waals surface area contributed by atoms with E-state index in [0.717, 1.165) is 51.4 Å². The summed E-state index contributed by atoms with van der Waals surface area (Å²) in [6.45, 7) is 2.57. The van der Waals surface area contributed by atoms with Crippen molar-refractivity contribution >= 4 is 5.91 Å². The van der Waals surface area contributed by atoms with E-state index in [9.17, 15) is 45.6 Å². The molecule has 2 heterocycles. The predicted molar refractivity (Wildman–Crippen MR) is 267 cm³/mol. The number of carbonyl (C=O) groups is 1. The van der Waals surface area contributed by atoms with E-state index >= 15 is 0 Å². The smallest absolute Gasteiger partial charge is 0.220 e. The molecule has 2 fully saturated rings. The van der Waals surface area contributed by atoms with Crippen LogP contribution in [0.4, 0.5) is 0 Å². The third-order valence-corrected chi connectivity index (χ3v) is 11.8. The summed E-state index contributed by atoms with van der Waals surface area (Å²) >= 11 is 0. The van der Waals surface area contributed by atoms with Crippen LogP contribution >= 0.6 is 0 Å². The highest BCUT2D eigenvalue weighted by atomic mass is 16.7. The Balaban J connectivity index is 1.91. The minimum absolute atomic E-state index is 0.143. The second-order valence-corrected chi connectivity index (χ2v) is 17.6. The number of nitrogens with one attached hydrogen (secondary N) is 1. The molecule has 12 atom stereocenters. The van der Waals surface area contributed by atoms with Gasteiger partial charge in [0.05, 0.1) is 32.0 Å². The van der Waals surface area contributed by atoms with E-state index in [-0.39, 0.29) is 18.9 Å². The first-order valence-electron chi connectivity index (χ1n) is 25.5. The Bertz CT molecular complexity index is 1510. The number of rotatable bonds is 37. The van der Waals surface area contributed by atoms with Gasteiger partial charge in [0.25, 0.3) is 0 Å². The molecule has 0 radical (unpaired) electrons. The van der Waals surface area contributed by atoms with Gasteiger partial charge in [-0.25, -0.2) is 0 Å². The monoisotopic (exact) mass is 960 g/mol. The highest BCUT2D eigenvalue weighted by molar-refractivity contribution is 5.76. The zero-order valence-electron chi connectivity index (χ0n) is 41.0. The molecule has 14 heteroatoms. The van der Waals surface area contributed by atoms with Crippen LogP contribution in [0.1, 0.15) is 142 Å². The van der Waals surface area contributed by atoms with Crippen LogP contribution < -0.4 is 5.32 Å². The molecule has 0 saturated carbocycles. The van der Waals surface area contributed by atoms with E-state index in [1.165, 1.54) is 57.8 Å². The minimum Gasteiger partial charge on any atom is -0.394 e. The molecule has 0 spiro atoms. The average molecular weight is 960 g/mol. The van der Waals surface area contributed by atoms with Gasteiger partial charge in [-0.05, 0) is 70.6 Å². The normalized spacial score (nSPS) is 27.2. The fourth-order valence-electron chi connectivity index (χ4n) is 7.62.